The number of ether oxygens (including phenoxy) is 2. The summed E-state index contributed by atoms with van der Waals surface area (Å²) in [6, 6.07) is 4.67. The van der Waals surface area contributed by atoms with Crippen LogP contribution in [0.15, 0.2) is 18.2 Å². The second-order valence-electron chi connectivity index (χ2n) is 4.57. The second kappa shape index (κ2) is 10.3. The van der Waals surface area contributed by atoms with Crippen molar-refractivity contribution in [3.63, 3.8) is 0 Å². The molecule has 0 amide bonds. The highest BCUT2D eigenvalue weighted by molar-refractivity contribution is 5.41. The van der Waals surface area contributed by atoms with Gasteiger partial charge < -0.3 is 15.2 Å². The number of hydrogen-bond acceptors (Lipinski definition) is 4. The molecule has 0 spiro atoms. The molecule has 0 radical (unpaired) electrons. The molecule has 0 unspecified atom stereocenters. The fraction of sp³-hybridized carbons (Fsp3) is 0.500. The standard InChI is InChI=1S/C16H23FN2O2/c1-20-10-8-19(9-11-21-2)13-15-5-6-16(17)12-14(15)4-3-7-18/h5-6,12H,7-11,13,18H2,1-2H3. The Hall–Kier alpha value is -1.45. The van der Waals surface area contributed by atoms with Gasteiger partial charge >= 0.3 is 0 Å². The molecule has 0 fully saturated rings. The Balaban J connectivity index is 2.85. The van der Waals surface area contributed by atoms with E-state index in [1.807, 2.05) is 0 Å². The zero-order valence-electron chi connectivity index (χ0n) is 12.7. The highest BCUT2D eigenvalue weighted by atomic mass is 19.1. The van der Waals surface area contributed by atoms with Crippen molar-refractivity contribution in [1.29, 1.82) is 0 Å². The summed E-state index contributed by atoms with van der Waals surface area (Å²) in [6.45, 7) is 3.75. The fourth-order valence-corrected chi connectivity index (χ4v) is 1.90. The van der Waals surface area contributed by atoms with E-state index in [2.05, 4.69) is 16.7 Å². The zero-order valence-corrected chi connectivity index (χ0v) is 12.7. The predicted octanol–water partition coefficient (Wildman–Crippen LogP) is 1.23. The van der Waals surface area contributed by atoms with Gasteiger partial charge in [0, 0.05) is 39.4 Å². The Morgan fingerprint density at radius 1 is 1.19 bits per heavy atom. The van der Waals surface area contributed by atoms with Crippen LogP contribution >= 0.6 is 0 Å². The van der Waals surface area contributed by atoms with Crippen molar-refractivity contribution < 1.29 is 13.9 Å². The van der Waals surface area contributed by atoms with E-state index in [4.69, 9.17) is 15.2 Å². The summed E-state index contributed by atoms with van der Waals surface area (Å²) >= 11 is 0. The lowest BCUT2D eigenvalue weighted by molar-refractivity contribution is 0.110. The van der Waals surface area contributed by atoms with Crippen LogP contribution < -0.4 is 5.73 Å². The molecule has 0 bridgehead atoms. The molecule has 0 aromatic heterocycles. The number of hydrogen-bond donors (Lipinski definition) is 1. The molecule has 5 heteroatoms. The van der Waals surface area contributed by atoms with Crippen LogP contribution in [0.4, 0.5) is 4.39 Å². The third-order valence-corrected chi connectivity index (χ3v) is 3.01. The van der Waals surface area contributed by atoms with Crippen LogP contribution in [0.5, 0.6) is 0 Å². The summed E-state index contributed by atoms with van der Waals surface area (Å²) in [7, 11) is 3.34. The summed E-state index contributed by atoms with van der Waals surface area (Å²) in [6.07, 6.45) is 0. The van der Waals surface area contributed by atoms with E-state index in [-0.39, 0.29) is 12.4 Å². The zero-order chi connectivity index (χ0) is 15.5. The topological polar surface area (TPSA) is 47.7 Å². The fourth-order valence-electron chi connectivity index (χ4n) is 1.90. The van der Waals surface area contributed by atoms with Crippen molar-refractivity contribution in [1.82, 2.24) is 4.90 Å². The molecule has 2 N–H and O–H groups in total. The van der Waals surface area contributed by atoms with E-state index in [1.165, 1.54) is 12.1 Å². The number of halogens is 1. The van der Waals surface area contributed by atoms with Gasteiger partial charge in [0.2, 0.25) is 0 Å². The molecule has 0 aliphatic rings. The van der Waals surface area contributed by atoms with Gasteiger partial charge in [-0.25, -0.2) is 4.39 Å². The quantitative estimate of drug-likeness (QED) is 0.733. The van der Waals surface area contributed by atoms with Crippen LogP contribution in [0, 0.1) is 17.7 Å². The molecule has 0 aliphatic heterocycles. The minimum atomic E-state index is -0.291. The van der Waals surface area contributed by atoms with E-state index in [9.17, 15) is 4.39 Å². The van der Waals surface area contributed by atoms with Crippen LogP contribution in [-0.4, -0.2) is 52.0 Å². The maximum Gasteiger partial charge on any atom is 0.124 e. The van der Waals surface area contributed by atoms with E-state index in [0.717, 1.165) is 18.7 Å². The first-order chi connectivity index (χ1) is 10.2. The number of methoxy groups -OCH3 is 2. The van der Waals surface area contributed by atoms with Gasteiger partial charge in [0.1, 0.15) is 5.82 Å². The molecular formula is C16H23FN2O2. The minimum absolute atomic E-state index is 0.257. The molecule has 0 saturated heterocycles. The molecule has 0 saturated carbocycles. The summed E-state index contributed by atoms with van der Waals surface area (Å²) in [5.41, 5.74) is 7.04. The summed E-state index contributed by atoms with van der Waals surface area (Å²) < 4.78 is 23.6. The van der Waals surface area contributed by atoms with Gasteiger partial charge in [-0.15, -0.1) is 0 Å². The normalized spacial score (nSPS) is 10.5. The van der Waals surface area contributed by atoms with Gasteiger partial charge in [0.25, 0.3) is 0 Å². The van der Waals surface area contributed by atoms with E-state index < -0.39 is 0 Å². The minimum Gasteiger partial charge on any atom is -0.383 e. The first-order valence-corrected chi connectivity index (χ1v) is 6.88. The second-order valence-corrected chi connectivity index (χ2v) is 4.57. The van der Waals surface area contributed by atoms with Crippen molar-refractivity contribution in [3.05, 3.63) is 35.1 Å². The molecule has 0 atom stereocenters. The molecule has 21 heavy (non-hydrogen) atoms. The van der Waals surface area contributed by atoms with Crippen molar-refractivity contribution in [2.24, 2.45) is 5.73 Å². The molecular weight excluding hydrogens is 271 g/mol. The third-order valence-electron chi connectivity index (χ3n) is 3.01. The Kier molecular flexibility index (Phi) is 8.63. The maximum atomic E-state index is 13.4. The molecule has 0 aliphatic carbocycles. The Bertz CT molecular complexity index is 475. The number of nitrogens with two attached hydrogens (primary N) is 1. The van der Waals surface area contributed by atoms with Gasteiger partial charge in [-0.05, 0) is 17.7 Å². The first-order valence-electron chi connectivity index (χ1n) is 6.88. The Labute approximate surface area is 126 Å². The molecule has 0 heterocycles. The average molecular weight is 294 g/mol. The summed E-state index contributed by atoms with van der Waals surface area (Å²) in [5.74, 6) is 5.41. The summed E-state index contributed by atoms with van der Waals surface area (Å²) in [4.78, 5) is 2.19. The average Bonchev–Trinajstić information content (AvgIpc) is 2.49. The SMILES string of the molecule is COCCN(CCOC)Cc1ccc(F)cc1C#CCN. The third kappa shape index (κ3) is 6.69. The number of benzene rings is 1. The van der Waals surface area contributed by atoms with Gasteiger partial charge in [-0.2, -0.15) is 0 Å². The largest absolute Gasteiger partial charge is 0.383 e. The monoisotopic (exact) mass is 294 g/mol. The lowest BCUT2D eigenvalue weighted by atomic mass is 10.1. The summed E-state index contributed by atoms with van der Waals surface area (Å²) in [5, 5.41) is 0. The van der Waals surface area contributed by atoms with Crippen LogP contribution in [0.2, 0.25) is 0 Å². The van der Waals surface area contributed by atoms with E-state index in [0.29, 0.717) is 25.3 Å². The van der Waals surface area contributed by atoms with Gasteiger partial charge in [-0.1, -0.05) is 17.9 Å². The van der Waals surface area contributed by atoms with Crippen molar-refractivity contribution in [2.75, 3.05) is 47.1 Å². The van der Waals surface area contributed by atoms with Crippen molar-refractivity contribution >= 4 is 0 Å². The van der Waals surface area contributed by atoms with Crippen molar-refractivity contribution in [3.8, 4) is 11.8 Å². The highest BCUT2D eigenvalue weighted by Crippen LogP contribution is 2.13. The first kappa shape index (κ1) is 17.6. The van der Waals surface area contributed by atoms with E-state index in [1.54, 1.807) is 20.3 Å². The number of nitrogens with zero attached hydrogens (tertiary/aromatic N) is 1. The Morgan fingerprint density at radius 2 is 1.86 bits per heavy atom. The van der Waals surface area contributed by atoms with Crippen molar-refractivity contribution in [2.45, 2.75) is 6.54 Å². The lowest BCUT2D eigenvalue weighted by Crippen LogP contribution is -2.30. The Morgan fingerprint density at radius 3 is 2.43 bits per heavy atom. The van der Waals surface area contributed by atoms with Gasteiger partial charge in [0.15, 0.2) is 0 Å². The predicted molar refractivity (Wildman–Crippen MR) is 81.4 cm³/mol. The smallest absolute Gasteiger partial charge is 0.124 e. The maximum absolute atomic E-state index is 13.4. The van der Waals surface area contributed by atoms with Crippen LogP contribution in [0.3, 0.4) is 0 Å². The van der Waals surface area contributed by atoms with Crippen LogP contribution in [-0.2, 0) is 16.0 Å². The molecule has 1 aromatic carbocycles. The molecule has 1 aromatic rings. The molecule has 1 rings (SSSR count). The van der Waals surface area contributed by atoms with E-state index >= 15 is 0 Å². The van der Waals surface area contributed by atoms with Gasteiger partial charge in [-0.3, -0.25) is 4.90 Å². The van der Waals surface area contributed by atoms with Gasteiger partial charge in [0.05, 0.1) is 19.8 Å². The lowest BCUT2D eigenvalue weighted by Gasteiger charge is -2.22. The number of rotatable bonds is 8. The van der Waals surface area contributed by atoms with Crippen LogP contribution in [0.25, 0.3) is 0 Å². The molecule has 116 valence electrons. The van der Waals surface area contributed by atoms with Crippen LogP contribution in [0.1, 0.15) is 11.1 Å². The highest BCUT2D eigenvalue weighted by Gasteiger charge is 2.09. The molecule has 4 nitrogen and oxygen atoms in total.